The van der Waals surface area contributed by atoms with Crippen LogP contribution >= 0.6 is 11.6 Å². The monoisotopic (exact) mass is 484 g/mol. The van der Waals surface area contributed by atoms with Crippen molar-refractivity contribution in [2.75, 3.05) is 33.1 Å². The predicted molar refractivity (Wildman–Crippen MR) is 120 cm³/mol. The van der Waals surface area contributed by atoms with E-state index in [-0.39, 0.29) is 27.3 Å². The zero-order valence-electron chi connectivity index (χ0n) is 18.3. The SMILES string of the molecule is COc1cc(C(=O)OCC(=O)Nc2ccc(Cl)c(S(=O)(=O)N(C)C)c2)ccc1OC(C)C. The van der Waals surface area contributed by atoms with Gasteiger partial charge in [-0.1, -0.05) is 11.6 Å². The number of carbonyl (C=O) groups is 2. The van der Waals surface area contributed by atoms with Crippen LogP contribution in [-0.2, 0) is 19.6 Å². The van der Waals surface area contributed by atoms with E-state index in [1.54, 1.807) is 6.07 Å². The number of hydrogen-bond acceptors (Lipinski definition) is 7. The number of anilines is 1. The number of benzene rings is 2. The number of hydrogen-bond donors (Lipinski definition) is 1. The summed E-state index contributed by atoms with van der Waals surface area (Å²) in [5, 5.41) is 2.49. The highest BCUT2D eigenvalue weighted by Gasteiger charge is 2.22. The zero-order chi connectivity index (χ0) is 24.1. The number of sulfonamides is 1. The van der Waals surface area contributed by atoms with E-state index >= 15 is 0 Å². The van der Waals surface area contributed by atoms with Crippen LogP contribution in [0.4, 0.5) is 5.69 Å². The van der Waals surface area contributed by atoms with Crippen LogP contribution in [0.3, 0.4) is 0 Å². The van der Waals surface area contributed by atoms with Gasteiger partial charge in [-0.05, 0) is 50.2 Å². The van der Waals surface area contributed by atoms with Crippen LogP contribution in [0.25, 0.3) is 0 Å². The fourth-order valence-corrected chi connectivity index (χ4v) is 3.93. The maximum absolute atomic E-state index is 12.3. The van der Waals surface area contributed by atoms with Gasteiger partial charge in [0, 0.05) is 19.8 Å². The summed E-state index contributed by atoms with van der Waals surface area (Å²) >= 11 is 5.99. The van der Waals surface area contributed by atoms with Gasteiger partial charge in [0.1, 0.15) is 4.90 Å². The number of nitrogens with zero attached hydrogens (tertiary/aromatic N) is 1. The molecule has 11 heteroatoms. The molecule has 0 saturated carbocycles. The molecule has 1 amide bonds. The molecule has 0 aromatic heterocycles. The smallest absolute Gasteiger partial charge is 0.338 e. The van der Waals surface area contributed by atoms with Crippen molar-refractivity contribution in [3.63, 3.8) is 0 Å². The van der Waals surface area contributed by atoms with Gasteiger partial charge in [-0.2, -0.15) is 0 Å². The molecule has 0 fully saturated rings. The topological polar surface area (TPSA) is 111 Å². The maximum atomic E-state index is 12.3. The molecule has 1 N–H and O–H groups in total. The Morgan fingerprint density at radius 2 is 1.78 bits per heavy atom. The molecular formula is C21H25ClN2O7S. The van der Waals surface area contributed by atoms with Gasteiger partial charge in [-0.25, -0.2) is 17.5 Å². The van der Waals surface area contributed by atoms with Crippen LogP contribution in [0, 0.1) is 0 Å². The first-order chi connectivity index (χ1) is 14.9. The second kappa shape index (κ2) is 10.7. The lowest BCUT2D eigenvalue weighted by molar-refractivity contribution is -0.119. The summed E-state index contributed by atoms with van der Waals surface area (Å²) in [4.78, 5) is 24.4. The molecule has 2 rings (SSSR count). The quantitative estimate of drug-likeness (QED) is 0.544. The third-order valence-corrected chi connectivity index (χ3v) is 6.37. The standard InChI is InChI=1S/C21H25ClN2O7S/c1-13(2)31-17-9-6-14(10-18(17)29-5)21(26)30-12-20(25)23-15-7-8-16(22)19(11-15)32(27,28)24(3)4/h6-11,13H,12H2,1-5H3,(H,23,25). The van der Waals surface area contributed by atoms with Gasteiger partial charge in [0.15, 0.2) is 18.1 Å². The van der Waals surface area contributed by atoms with E-state index in [2.05, 4.69) is 5.32 Å². The third-order valence-electron chi connectivity index (χ3n) is 4.07. The Morgan fingerprint density at radius 3 is 2.38 bits per heavy atom. The lowest BCUT2D eigenvalue weighted by atomic mass is 10.2. The first kappa shape index (κ1) is 25.4. The predicted octanol–water partition coefficient (Wildman–Crippen LogP) is 3.18. The van der Waals surface area contributed by atoms with Gasteiger partial charge >= 0.3 is 5.97 Å². The fraction of sp³-hybridized carbons (Fsp3) is 0.333. The van der Waals surface area contributed by atoms with Gasteiger partial charge in [-0.3, -0.25) is 4.79 Å². The molecule has 0 aliphatic rings. The summed E-state index contributed by atoms with van der Waals surface area (Å²) in [6, 6.07) is 8.56. The van der Waals surface area contributed by atoms with E-state index in [1.165, 1.54) is 51.5 Å². The number of amides is 1. The van der Waals surface area contributed by atoms with Crippen LogP contribution in [0.1, 0.15) is 24.2 Å². The number of carbonyl (C=O) groups excluding carboxylic acids is 2. The molecule has 0 aliphatic heterocycles. The molecule has 0 bridgehead atoms. The van der Waals surface area contributed by atoms with Crippen molar-refractivity contribution >= 4 is 39.2 Å². The van der Waals surface area contributed by atoms with Crippen LogP contribution in [-0.4, -0.2) is 58.5 Å². The van der Waals surface area contributed by atoms with Crippen molar-refractivity contribution in [3.05, 3.63) is 47.0 Å². The highest BCUT2D eigenvalue weighted by molar-refractivity contribution is 7.89. The van der Waals surface area contributed by atoms with Crippen molar-refractivity contribution < 1.29 is 32.2 Å². The maximum Gasteiger partial charge on any atom is 0.338 e. The van der Waals surface area contributed by atoms with Crippen molar-refractivity contribution in [1.82, 2.24) is 4.31 Å². The van der Waals surface area contributed by atoms with E-state index in [9.17, 15) is 18.0 Å². The average Bonchev–Trinajstić information content (AvgIpc) is 2.73. The highest BCUT2D eigenvalue weighted by Crippen LogP contribution is 2.29. The number of nitrogens with one attached hydrogen (secondary N) is 1. The molecule has 0 spiro atoms. The largest absolute Gasteiger partial charge is 0.493 e. The molecule has 0 aliphatic carbocycles. The molecule has 32 heavy (non-hydrogen) atoms. The van der Waals surface area contributed by atoms with E-state index < -0.39 is 28.5 Å². The summed E-state index contributed by atoms with van der Waals surface area (Å²) in [5.74, 6) is -0.557. The molecule has 0 atom stereocenters. The van der Waals surface area contributed by atoms with Crippen molar-refractivity contribution in [2.24, 2.45) is 0 Å². The lowest BCUT2D eigenvalue weighted by Crippen LogP contribution is -2.23. The van der Waals surface area contributed by atoms with Crippen LogP contribution in [0.5, 0.6) is 11.5 Å². The molecule has 0 heterocycles. The molecule has 0 saturated heterocycles. The number of esters is 1. The van der Waals surface area contributed by atoms with E-state index in [0.717, 1.165) is 4.31 Å². The Labute approximate surface area is 192 Å². The molecule has 0 radical (unpaired) electrons. The van der Waals surface area contributed by atoms with Crippen LogP contribution < -0.4 is 14.8 Å². The summed E-state index contributed by atoms with van der Waals surface area (Å²) in [6.07, 6.45) is -0.0773. The van der Waals surface area contributed by atoms with Gasteiger partial charge in [0.05, 0.1) is 23.8 Å². The summed E-state index contributed by atoms with van der Waals surface area (Å²) in [6.45, 7) is 3.14. The third kappa shape index (κ3) is 6.35. The Kier molecular flexibility index (Phi) is 8.48. The molecule has 0 unspecified atom stereocenters. The molecule has 2 aromatic rings. The number of halogens is 1. The van der Waals surface area contributed by atoms with Gasteiger partial charge in [0.25, 0.3) is 5.91 Å². The van der Waals surface area contributed by atoms with Crippen molar-refractivity contribution in [2.45, 2.75) is 24.8 Å². The zero-order valence-corrected chi connectivity index (χ0v) is 19.9. The number of rotatable bonds is 9. The lowest BCUT2D eigenvalue weighted by Gasteiger charge is -2.15. The van der Waals surface area contributed by atoms with Gasteiger partial charge < -0.3 is 19.5 Å². The van der Waals surface area contributed by atoms with E-state index in [4.69, 9.17) is 25.8 Å². The first-order valence-corrected chi connectivity index (χ1v) is 11.3. The first-order valence-electron chi connectivity index (χ1n) is 9.49. The van der Waals surface area contributed by atoms with Gasteiger partial charge in [-0.15, -0.1) is 0 Å². The average molecular weight is 485 g/mol. The fourth-order valence-electron chi connectivity index (χ4n) is 2.53. The minimum absolute atomic E-state index is 0.0157. The van der Waals surface area contributed by atoms with E-state index in [1.807, 2.05) is 13.8 Å². The molecule has 174 valence electrons. The van der Waals surface area contributed by atoms with Gasteiger partial charge in [0.2, 0.25) is 10.0 Å². The molecular weight excluding hydrogens is 460 g/mol. The Bertz CT molecular complexity index is 1100. The van der Waals surface area contributed by atoms with Crippen LogP contribution in [0.15, 0.2) is 41.3 Å². The Hall–Kier alpha value is -2.82. The summed E-state index contributed by atoms with van der Waals surface area (Å²) in [5.41, 5.74) is 0.365. The second-order valence-corrected chi connectivity index (χ2v) is 9.62. The molecule has 2 aromatic carbocycles. The normalized spacial score (nSPS) is 11.4. The summed E-state index contributed by atoms with van der Waals surface area (Å²) in [7, 11) is 0.379. The summed E-state index contributed by atoms with van der Waals surface area (Å²) < 4.78 is 41.6. The Balaban J connectivity index is 2.05. The Morgan fingerprint density at radius 1 is 1.09 bits per heavy atom. The molecule has 9 nitrogen and oxygen atoms in total. The number of methoxy groups -OCH3 is 1. The van der Waals surface area contributed by atoms with Crippen molar-refractivity contribution in [1.29, 1.82) is 0 Å². The second-order valence-electron chi connectivity index (χ2n) is 7.09. The van der Waals surface area contributed by atoms with Crippen LogP contribution in [0.2, 0.25) is 5.02 Å². The highest BCUT2D eigenvalue weighted by atomic mass is 35.5. The minimum Gasteiger partial charge on any atom is -0.493 e. The minimum atomic E-state index is -3.80. The van der Waals surface area contributed by atoms with Crippen molar-refractivity contribution in [3.8, 4) is 11.5 Å². The number of ether oxygens (including phenoxy) is 3. The van der Waals surface area contributed by atoms with E-state index in [0.29, 0.717) is 11.5 Å².